The maximum atomic E-state index is 10.3. The molecular weight excluding hydrogens is 212 g/mol. The monoisotopic (exact) mass is 226 g/mol. The summed E-state index contributed by atoms with van der Waals surface area (Å²) in [7, 11) is 0. The molecule has 2 heterocycles. The predicted molar refractivity (Wildman–Crippen MR) is 66.5 cm³/mol. The first kappa shape index (κ1) is 11.5. The first-order valence-electron chi connectivity index (χ1n) is 5.71. The van der Waals surface area contributed by atoms with E-state index in [1.54, 1.807) is 12.4 Å². The standard InChI is InChI=1S/C14H14N2O/c17-11-4-2-6-12-7-5-10-16-14(12)13-8-1-3-9-15-13/h1,3,5,7-11H,2,4,6H2. The average molecular weight is 226 g/mol. The number of hydrogen-bond acceptors (Lipinski definition) is 3. The summed E-state index contributed by atoms with van der Waals surface area (Å²) in [6.45, 7) is 0. The second-order valence-corrected chi connectivity index (χ2v) is 3.79. The van der Waals surface area contributed by atoms with E-state index in [1.807, 2.05) is 30.3 Å². The molecule has 0 spiro atoms. The molecule has 0 aromatic carbocycles. The molecule has 2 aromatic rings. The van der Waals surface area contributed by atoms with Gasteiger partial charge < -0.3 is 4.79 Å². The molecule has 0 aliphatic rings. The molecule has 17 heavy (non-hydrogen) atoms. The molecule has 0 aliphatic carbocycles. The van der Waals surface area contributed by atoms with Crippen LogP contribution in [0.4, 0.5) is 0 Å². The molecule has 0 aliphatic heterocycles. The summed E-state index contributed by atoms with van der Waals surface area (Å²) >= 11 is 0. The van der Waals surface area contributed by atoms with Gasteiger partial charge in [0.05, 0.1) is 11.4 Å². The Morgan fingerprint density at radius 2 is 1.94 bits per heavy atom. The van der Waals surface area contributed by atoms with E-state index in [4.69, 9.17) is 0 Å². The van der Waals surface area contributed by atoms with E-state index < -0.39 is 0 Å². The van der Waals surface area contributed by atoms with Crippen LogP contribution < -0.4 is 0 Å². The van der Waals surface area contributed by atoms with Gasteiger partial charge >= 0.3 is 0 Å². The van der Waals surface area contributed by atoms with Gasteiger partial charge in [-0.25, -0.2) is 0 Å². The smallest absolute Gasteiger partial charge is 0.120 e. The zero-order valence-electron chi connectivity index (χ0n) is 9.54. The van der Waals surface area contributed by atoms with Crippen LogP contribution in [0.1, 0.15) is 18.4 Å². The fourth-order valence-corrected chi connectivity index (χ4v) is 1.75. The zero-order chi connectivity index (χ0) is 11.9. The topological polar surface area (TPSA) is 42.9 Å². The Morgan fingerprint density at radius 1 is 1.06 bits per heavy atom. The Hall–Kier alpha value is -2.03. The van der Waals surface area contributed by atoms with Crippen LogP contribution >= 0.6 is 0 Å². The van der Waals surface area contributed by atoms with Gasteiger partial charge in [-0.3, -0.25) is 9.97 Å². The van der Waals surface area contributed by atoms with Crippen molar-refractivity contribution in [1.29, 1.82) is 0 Å². The molecule has 0 bridgehead atoms. The second kappa shape index (κ2) is 5.89. The van der Waals surface area contributed by atoms with Gasteiger partial charge in [-0.1, -0.05) is 12.1 Å². The first-order valence-corrected chi connectivity index (χ1v) is 5.71. The highest BCUT2D eigenvalue weighted by Gasteiger charge is 2.06. The number of carbonyl (C=O) groups excluding carboxylic acids is 1. The van der Waals surface area contributed by atoms with E-state index in [0.29, 0.717) is 6.42 Å². The Bertz CT molecular complexity index is 483. The number of aromatic nitrogens is 2. The van der Waals surface area contributed by atoms with Crippen molar-refractivity contribution < 1.29 is 4.79 Å². The number of aldehydes is 1. The van der Waals surface area contributed by atoms with Crippen LogP contribution in [0.2, 0.25) is 0 Å². The molecule has 3 heteroatoms. The lowest BCUT2D eigenvalue weighted by Crippen LogP contribution is -1.95. The number of nitrogens with zero attached hydrogens (tertiary/aromatic N) is 2. The van der Waals surface area contributed by atoms with Crippen molar-refractivity contribution in [3.8, 4) is 11.4 Å². The Morgan fingerprint density at radius 3 is 2.71 bits per heavy atom. The van der Waals surface area contributed by atoms with Gasteiger partial charge in [-0.15, -0.1) is 0 Å². The molecular formula is C14H14N2O. The van der Waals surface area contributed by atoms with Crippen LogP contribution in [0.5, 0.6) is 0 Å². The fraction of sp³-hybridized carbons (Fsp3) is 0.214. The van der Waals surface area contributed by atoms with E-state index in [-0.39, 0.29) is 0 Å². The van der Waals surface area contributed by atoms with Crippen LogP contribution in [0.15, 0.2) is 42.7 Å². The summed E-state index contributed by atoms with van der Waals surface area (Å²) in [5.74, 6) is 0. The molecule has 0 atom stereocenters. The molecule has 0 fully saturated rings. The molecule has 0 saturated heterocycles. The SMILES string of the molecule is O=CCCCc1cccnc1-c1ccccn1. The molecule has 2 rings (SSSR count). The third-order valence-corrected chi connectivity index (χ3v) is 2.57. The van der Waals surface area contributed by atoms with Crippen molar-refractivity contribution in [2.24, 2.45) is 0 Å². The van der Waals surface area contributed by atoms with Gasteiger partial charge in [0.1, 0.15) is 6.29 Å². The molecule has 2 aromatic heterocycles. The summed E-state index contributed by atoms with van der Waals surface area (Å²) in [5, 5.41) is 0. The third kappa shape index (κ3) is 2.97. The van der Waals surface area contributed by atoms with Gasteiger partial charge in [0.2, 0.25) is 0 Å². The Labute approximate surface area is 101 Å². The van der Waals surface area contributed by atoms with Crippen molar-refractivity contribution in [2.45, 2.75) is 19.3 Å². The molecule has 0 amide bonds. The quantitative estimate of drug-likeness (QED) is 0.581. The highest BCUT2D eigenvalue weighted by atomic mass is 16.1. The molecule has 0 unspecified atom stereocenters. The van der Waals surface area contributed by atoms with Crippen molar-refractivity contribution in [1.82, 2.24) is 9.97 Å². The van der Waals surface area contributed by atoms with E-state index >= 15 is 0 Å². The third-order valence-electron chi connectivity index (χ3n) is 2.57. The van der Waals surface area contributed by atoms with Crippen molar-refractivity contribution in [3.63, 3.8) is 0 Å². The van der Waals surface area contributed by atoms with E-state index in [9.17, 15) is 4.79 Å². The highest BCUT2D eigenvalue weighted by Crippen LogP contribution is 2.19. The van der Waals surface area contributed by atoms with Crippen LogP contribution in [-0.2, 0) is 11.2 Å². The minimum atomic E-state index is 0.594. The molecule has 0 saturated carbocycles. The molecule has 0 N–H and O–H groups in total. The summed E-state index contributed by atoms with van der Waals surface area (Å²) in [6.07, 6.45) is 6.80. The number of pyridine rings is 2. The lowest BCUT2D eigenvalue weighted by atomic mass is 10.0. The van der Waals surface area contributed by atoms with Gasteiger partial charge in [0.15, 0.2) is 0 Å². The van der Waals surface area contributed by atoms with E-state index in [2.05, 4.69) is 9.97 Å². The van der Waals surface area contributed by atoms with Crippen molar-refractivity contribution in [3.05, 3.63) is 48.3 Å². The number of carbonyl (C=O) groups is 1. The summed E-state index contributed by atoms with van der Waals surface area (Å²) < 4.78 is 0. The minimum Gasteiger partial charge on any atom is -0.303 e. The first-order chi connectivity index (χ1) is 8.42. The Kier molecular flexibility index (Phi) is 3.97. The number of aryl methyl sites for hydroxylation is 1. The van der Waals surface area contributed by atoms with Crippen LogP contribution in [0, 0.1) is 0 Å². The minimum absolute atomic E-state index is 0.594. The van der Waals surface area contributed by atoms with Gasteiger partial charge in [-0.2, -0.15) is 0 Å². The van der Waals surface area contributed by atoms with E-state index in [1.165, 1.54) is 0 Å². The van der Waals surface area contributed by atoms with Crippen molar-refractivity contribution in [2.75, 3.05) is 0 Å². The van der Waals surface area contributed by atoms with Gasteiger partial charge in [-0.05, 0) is 36.6 Å². The van der Waals surface area contributed by atoms with Crippen LogP contribution in [0.25, 0.3) is 11.4 Å². The normalized spacial score (nSPS) is 10.1. The summed E-state index contributed by atoms with van der Waals surface area (Å²) in [5.41, 5.74) is 2.95. The average Bonchev–Trinajstić information content (AvgIpc) is 2.41. The number of hydrogen-bond donors (Lipinski definition) is 0. The molecule has 3 nitrogen and oxygen atoms in total. The lowest BCUT2D eigenvalue weighted by Gasteiger charge is -2.06. The summed E-state index contributed by atoms with van der Waals surface area (Å²) in [6, 6.07) is 9.75. The largest absolute Gasteiger partial charge is 0.303 e. The van der Waals surface area contributed by atoms with Gasteiger partial charge in [0, 0.05) is 18.8 Å². The maximum Gasteiger partial charge on any atom is 0.120 e. The van der Waals surface area contributed by atoms with Crippen LogP contribution in [0.3, 0.4) is 0 Å². The van der Waals surface area contributed by atoms with Gasteiger partial charge in [0.25, 0.3) is 0 Å². The highest BCUT2D eigenvalue weighted by molar-refractivity contribution is 5.58. The maximum absolute atomic E-state index is 10.3. The van der Waals surface area contributed by atoms with Crippen LogP contribution in [-0.4, -0.2) is 16.3 Å². The number of rotatable bonds is 5. The second-order valence-electron chi connectivity index (χ2n) is 3.79. The zero-order valence-corrected chi connectivity index (χ0v) is 9.54. The molecule has 0 radical (unpaired) electrons. The number of unbranched alkanes of at least 4 members (excludes halogenated alkanes) is 1. The lowest BCUT2D eigenvalue weighted by molar-refractivity contribution is -0.107. The van der Waals surface area contributed by atoms with Crippen molar-refractivity contribution >= 4 is 6.29 Å². The predicted octanol–water partition coefficient (Wildman–Crippen LogP) is 2.67. The molecule has 86 valence electrons. The summed E-state index contributed by atoms with van der Waals surface area (Å²) in [4.78, 5) is 19.0. The van der Waals surface area contributed by atoms with E-state index in [0.717, 1.165) is 36.1 Å². The Balaban J connectivity index is 2.25. The fourth-order valence-electron chi connectivity index (χ4n) is 1.75.